The van der Waals surface area contributed by atoms with Gasteiger partial charge in [0.1, 0.15) is 5.75 Å². The topological polar surface area (TPSA) is 71.5 Å². The lowest BCUT2D eigenvalue weighted by Crippen LogP contribution is -2.28. The average Bonchev–Trinajstić information content (AvgIpc) is 2.40. The highest BCUT2D eigenvalue weighted by Crippen LogP contribution is 2.16. The lowest BCUT2D eigenvalue weighted by atomic mass is 9.99. The molecule has 0 unspecified atom stereocenters. The first-order valence-corrected chi connectivity index (χ1v) is 6.25. The maximum absolute atomic E-state index is 11.7. The molecule has 0 aromatic carbocycles. The summed E-state index contributed by atoms with van der Waals surface area (Å²) in [7, 11) is 0. The second kappa shape index (κ2) is 6.35. The zero-order valence-electron chi connectivity index (χ0n) is 10.3. The third-order valence-electron chi connectivity index (χ3n) is 3.08. The van der Waals surface area contributed by atoms with Crippen LogP contribution in [-0.2, 0) is 4.74 Å². The van der Waals surface area contributed by atoms with Crippen molar-refractivity contribution in [1.29, 1.82) is 0 Å². The molecule has 98 valence electrons. The van der Waals surface area contributed by atoms with Crippen molar-refractivity contribution in [2.45, 2.75) is 19.3 Å². The average molecular weight is 250 g/mol. The Kier molecular flexibility index (Phi) is 4.52. The molecular formula is C13H18N2O3. The van der Waals surface area contributed by atoms with Crippen LogP contribution in [0.2, 0.25) is 0 Å². The molecule has 2 heterocycles. The summed E-state index contributed by atoms with van der Waals surface area (Å²) in [6.07, 6.45) is 5.95. The highest BCUT2D eigenvalue weighted by atomic mass is 16.5. The monoisotopic (exact) mass is 250 g/mol. The number of amides is 1. The molecule has 1 amide bonds. The molecule has 2 N–H and O–H groups in total. The van der Waals surface area contributed by atoms with Gasteiger partial charge in [0.2, 0.25) is 0 Å². The van der Waals surface area contributed by atoms with Crippen LogP contribution in [0.3, 0.4) is 0 Å². The van der Waals surface area contributed by atoms with Crippen LogP contribution in [-0.4, -0.2) is 35.8 Å². The number of aromatic nitrogens is 1. The number of aromatic hydroxyl groups is 1. The largest absolute Gasteiger partial charge is 0.506 e. The van der Waals surface area contributed by atoms with Crippen molar-refractivity contribution in [3.8, 4) is 5.75 Å². The first-order valence-electron chi connectivity index (χ1n) is 6.25. The van der Waals surface area contributed by atoms with Crippen molar-refractivity contribution >= 4 is 5.91 Å². The van der Waals surface area contributed by atoms with E-state index in [9.17, 15) is 9.90 Å². The second-order valence-electron chi connectivity index (χ2n) is 4.56. The van der Waals surface area contributed by atoms with Gasteiger partial charge in [-0.2, -0.15) is 0 Å². The minimum atomic E-state index is -0.199. The molecule has 5 heteroatoms. The molecule has 0 radical (unpaired) electrons. The predicted octanol–water partition coefficient (Wildman–Crippen LogP) is 1.33. The van der Waals surface area contributed by atoms with E-state index in [0.29, 0.717) is 18.0 Å². The van der Waals surface area contributed by atoms with Gasteiger partial charge in [0.25, 0.3) is 5.91 Å². The van der Waals surface area contributed by atoms with Crippen LogP contribution in [0.4, 0.5) is 0 Å². The molecule has 0 aliphatic carbocycles. The SMILES string of the molecule is O=C(NCC[C@@H]1CCCOC1)c1cncc(O)c1. The molecular weight excluding hydrogens is 232 g/mol. The predicted molar refractivity (Wildman–Crippen MR) is 66.4 cm³/mol. The number of pyridine rings is 1. The fraction of sp³-hybridized carbons (Fsp3) is 0.538. The number of carbonyl (C=O) groups is 1. The lowest BCUT2D eigenvalue weighted by Gasteiger charge is -2.21. The standard InChI is InChI=1S/C13H18N2O3/c16-12-6-11(7-14-8-12)13(17)15-4-3-10-2-1-5-18-9-10/h6-8,10,16H,1-5,9H2,(H,15,17)/t10-/m0/s1. The van der Waals surface area contributed by atoms with Gasteiger partial charge in [-0.1, -0.05) is 0 Å². The second-order valence-corrected chi connectivity index (χ2v) is 4.56. The Balaban J connectivity index is 1.74. The zero-order valence-corrected chi connectivity index (χ0v) is 10.3. The van der Waals surface area contributed by atoms with Gasteiger partial charge in [-0.25, -0.2) is 0 Å². The van der Waals surface area contributed by atoms with Crippen molar-refractivity contribution in [3.05, 3.63) is 24.0 Å². The summed E-state index contributed by atoms with van der Waals surface area (Å²) in [6, 6.07) is 1.41. The maximum Gasteiger partial charge on any atom is 0.252 e. The Morgan fingerprint density at radius 2 is 2.44 bits per heavy atom. The van der Waals surface area contributed by atoms with Gasteiger partial charge in [0.15, 0.2) is 0 Å². The van der Waals surface area contributed by atoms with E-state index in [0.717, 1.165) is 26.1 Å². The zero-order chi connectivity index (χ0) is 12.8. The van der Waals surface area contributed by atoms with E-state index in [4.69, 9.17) is 4.74 Å². The van der Waals surface area contributed by atoms with E-state index in [-0.39, 0.29) is 11.7 Å². The Morgan fingerprint density at radius 1 is 1.56 bits per heavy atom. The molecule has 1 aliphatic rings. The Labute approximate surface area is 106 Å². The van der Waals surface area contributed by atoms with Gasteiger partial charge >= 0.3 is 0 Å². The van der Waals surface area contributed by atoms with E-state index in [1.807, 2.05) is 0 Å². The van der Waals surface area contributed by atoms with Crippen molar-refractivity contribution in [1.82, 2.24) is 10.3 Å². The molecule has 1 aromatic rings. The van der Waals surface area contributed by atoms with Crippen LogP contribution in [0, 0.1) is 5.92 Å². The van der Waals surface area contributed by atoms with Crippen LogP contribution >= 0.6 is 0 Å². The van der Waals surface area contributed by atoms with Crippen molar-refractivity contribution in [3.63, 3.8) is 0 Å². The van der Waals surface area contributed by atoms with Crippen LogP contribution < -0.4 is 5.32 Å². The van der Waals surface area contributed by atoms with E-state index < -0.39 is 0 Å². The van der Waals surface area contributed by atoms with Gasteiger partial charge in [-0.05, 0) is 31.2 Å². The smallest absolute Gasteiger partial charge is 0.252 e. The summed E-state index contributed by atoms with van der Waals surface area (Å²) in [5, 5.41) is 12.1. The van der Waals surface area contributed by atoms with Crippen molar-refractivity contribution in [2.24, 2.45) is 5.92 Å². The quantitative estimate of drug-likeness (QED) is 0.845. The molecule has 1 atom stereocenters. The molecule has 2 rings (SSSR count). The molecule has 18 heavy (non-hydrogen) atoms. The molecule has 1 aliphatic heterocycles. The van der Waals surface area contributed by atoms with Crippen LogP contribution in [0.5, 0.6) is 5.75 Å². The number of hydrogen-bond donors (Lipinski definition) is 2. The molecule has 5 nitrogen and oxygen atoms in total. The fourth-order valence-electron chi connectivity index (χ4n) is 2.08. The molecule has 1 aromatic heterocycles. The molecule has 0 bridgehead atoms. The number of carbonyl (C=O) groups excluding carboxylic acids is 1. The third kappa shape index (κ3) is 3.70. The minimum Gasteiger partial charge on any atom is -0.506 e. The van der Waals surface area contributed by atoms with E-state index in [1.165, 1.54) is 24.9 Å². The normalized spacial score (nSPS) is 19.4. The number of ether oxygens (including phenoxy) is 1. The highest BCUT2D eigenvalue weighted by molar-refractivity contribution is 5.94. The Bertz CT molecular complexity index is 403. The summed E-state index contributed by atoms with van der Waals surface area (Å²) < 4.78 is 5.38. The lowest BCUT2D eigenvalue weighted by molar-refractivity contribution is 0.0514. The number of nitrogens with zero attached hydrogens (tertiary/aromatic N) is 1. The van der Waals surface area contributed by atoms with Crippen LogP contribution in [0.25, 0.3) is 0 Å². The summed E-state index contributed by atoms with van der Waals surface area (Å²) >= 11 is 0. The third-order valence-corrected chi connectivity index (χ3v) is 3.08. The van der Waals surface area contributed by atoms with E-state index >= 15 is 0 Å². The molecule has 0 spiro atoms. The fourth-order valence-corrected chi connectivity index (χ4v) is 2.08. The summed E-state index contributed by atoms with van der Waals surface area (Å²) in [5.41, 5.74) is 0.384. The first-order chi connectivity index (χ1) is 8.75. The Morgan fingerprint density at radius 3 is 3.17 bits per heavy atom. The van der Waals surface area contributed by atoms with Gasteiger partial charge in [-0.15, -0.1) is 0 Å². The van der Waals surface area contributed by atoms with Crippen molar-refractivity contribution in [2.75, 3.05) is 19.8 Å². The molecule has 1 saturated heterocycles. The number of hydrogen-bond acceptors (Lipinski definition) is 4. The molecule has 1 fully saturated rings. The Hall–Kier alpha value is -1.62. The van der Waals surface area contributed by atoms with Crippen molar-refractivity contribution < 1.29 is 14.6 Å². The van der Waals surface area contributed by atoms with Gasteiger partial charge < -0.3 is 15.2 Å². The summed E-state index contributed by atoms with van der Waals surface area (Å²) in [4.78, 5) is 15.5. The minimum absolute atomic E-state index is 0.00308. The van der Waals surface area contributed by atoms with Crippen LogP contribution in [0.15, 0.2) is 18.5 Å². The van der Waals surface area contributed by atoms with E-state index in [1.54, 1.807) is 0 Å². The van der Waals surface area contributed by atoms with Crippen LogP contribution in [0.1, 0.15) is 29.6 Å². The highest BCUT2D eigenvalue weighted by Gasteiger charge is 2.14. The van der Waals surface area contributed by atoms with Gasteiger partial charge in [-0.3, -0.25) is 9.78 Å². The maximum atomic E-state index is 11.7. The molecule has 0 saturated carbocycles. The number of nitrogens with one attached hydrogen (secondary N) is 1. The van der Waals surface area contributed by atoms with Gasteiger partial charge in [0, 0.05) is 26.0 Å². The summed E-state index contributed by atoms with van der Waals surface area (Å²) in [6.45, 7) is 2.28. The first kappa shape index (κ1) is 12.8. The summed E-state index contributed by atoms with van der Waals surface area (Å²) in [5.74, 6) is 0.347. The van der Waals surface area contributed by atoms with E-state index in [2.05, 4.69) is 10.3 Å². The van der Waals surface area contributed by atoms with Gasteiger partial charge in [0.05, 0.1) is 11.8 Å². The number of rotatable bonds is 4.